The molecular weight excluding hydrogens is 234 g/mol. The molecule has 1 saturated carbocycles. The summed E-state index contributed by atoms with van der Waals surface area (Å²) in [5, 5.41) is 14.1. The number of hydrogen-bond acceptors (Lipinski definition) is 2. The maximum atomic E-state index is 9.41. The molecule has 3 atom stereocenters. The van der Waals surface area contributed by atoms with E-state index in [1.165, 1.54) is 30.5 Å². The highest BCUT2D eigenvalue weighted by molar-refractivity contribution is 5.23. The zero-order valence-corrected chi connectivity index (χ0v) is 12.6. The van der Waals surface area contributed by atoms with Gasteiger partial charge in [0.25, 0.3) is 0 Å². The third-order valence-electron chi connectivity index (χ3n) is 4.79. The van der Waals surface area contributed by atoms with E-state index < -0.39 is 0 Å². The number of hydrogen-bond donors (Lipinski definition) is 0. The highest BCUT2D eigenvalue weighted by Gasteiger charge is 2.33. The fourth-order valence-electron chi connectivity index (χ4n) is 3.39. The standard InChI is InChI=1S/C16H25N3/c1-5-6-14-7-8-15(10-17)16(9-14)19-13(4)11(2)12(3)18-19/h14-16H,5-9H2,1-4H3. The Kier molecular flexibility index (Phi) is 4.29. The molecule has 0 amide bonds. The quantitative estimate of drug-likeness (QED) is 0.820. The Labute approximate surface area is 116 Å². The summed E-state index contributed by atoms with van der Waals surface area (Å²) in [5.41, 5.74) is 3.61. The first-order chi connectivity index (χ1) is 9.08. The van der Waals surface area contributed by atoms with Gasteiger partial charge in [-0.25, -0.2) is 0 Å². The van der Waals surface area contributed by atoms with Crippen molar-refractivity contribution in [3.05, 3.63) is 17.0 Å². The summed E-state index contributed by atoms with van der Waals surface area (Å²) in [6, 6.07) is 2.79. The molecule has 19 heavy (non-hydrogen) atoms. The van der Waals surface area contributed by atoms with Crippen LogP contribution in [0.5, 0.6) is 0 Å². The minimum Gasteiger partial charge on any atom is -0.265 e. The van der Waals surface area contributed by atoms with Crippen LogP contribution in [-0.4, -0.2) is 9.78 Å². The molecule has 3 nitrogen and oxygen atoms in total. The maximum absolute atomic E-state index is 9.41. The van der Waals surface area contributed by atoms with Gasteiger partial charge in [-0.15, -0.1) is 0 Å². The highest BCUT2D eigenvalue weighted by Crippen LogP contribution is 2.39. The SMILES string of the molecule is CCCC1CCC(C#N)C(n2nc(C)c(C)c2C)C1. The molecule has 1 aliphatic carbocycles. The molecule has 1 aliphatic rings. The van der Waals surface area contributed by atoms with Gasteiger partial charge in [-0.2, -0.15) is 10.4 Å². The number of aryl methyl sites for hydroxylation is 1. The van der Waals surface area contributed by atoms with Gasteiger partial charge in [0.1, 0.15) is 0 Å². The highest BCUT2D eigenvalue weighted by atomic mass is 15.3. The van der Waals surface area contributed by atoms with Gasteiger partial charge in [0.15, 0.2) is 0 Å². The monoisotopic (exact) mass is 259 g/mol. The van der Waals surface area contributed by atoms with Crippen LogP contribution in [0.15, 0.2) is 0 Å². The molecule has 0 bridgehead atoms. The number of rotatable bonds is 3. The van der Waals surface area contributed by atoms with Gasteiger partial charge in [0, 0.05) is 5.69 Å². The Morgan fingerprint density at radius 1 is 1.32 bits per heavy atom. The third-order valence-corrected chi connectivity index (χ3v) is 4.79. The van der Waals surface area contributed by atoms with Crippen molar-refractivity contribution in [3.8, 4) is 6.07 Å². The van der Waals surface area contributed by atoms with Gasteiger partial charge in [-0.3, -0.25) is 4.68 Å². The fraction of sp³-hybridized carbons (Fsp3) is 0.750. The van der Waals surface area contributed by atoms with Crippen molar-refractivity contribution in [2.75, 3.05) is 0 Å². The van der Waals surface area contributed by atoms with Crippen molar-refractivity contribution in [2.24, 2.45) is 11.8 Å². The van der Waals surface area contributed by atoms with E-state index in [4.69, 9.17) is 5.10 Å². The van der Waals surface area contributed by atoms with E-state index in [0.29, 0.717) is 0 Å². The molecule has 0 spiro atoms. The predicted octanol–water partition coefficient (Wildman–Crippen LogP) is 4.09. The Morgan fingerprint density at radius 2 is 2.05 bits per heavy atom. The van der Waals surface area contributed by atoms with Gasteiger partial charge in [-0.1, -0.05) is 19.8 Å². The molecule has 3 unspecified atom stereocenters. The molecule has 1 aromatic rings. The van der Waals surface area contributed by atoms with Crippen LogP contribution in [0.2, 0.25) is 0 Å². The Balaban J connectivity index is 2.27. The van der Waals surface area contributed by atoms with Crippen LogP contribution in [0.4, 0.5) is 0 Å². The second-order valence-corrected chi connectivity index (χ2v) is 6.01. The lowest BCUT2D eigenvalue weighted by Crippen LogP contribution is -2.28. The second-order valence-electron chi connectivity index (χ2n) is 6.01. The topological polar surface area (TPSA) is 41.6 Å². The minimum atomic E-state index is 0.130. The van der Waals surface area contributed by atoms with Crippen molar-refractivity contribution in [2.45, 2.75) is 65.8 Å². The Hall–Kier alpha value is -1.30. The average molecular weight is 259 g/mol. The number of aromatic nitrogens is 2. The molecule has 1 aromatic heterocycles. The normalized spacial score (nSPS) is 27.2. The molecule has 0 N–H and O–H groups in total. The van der Waals surface area contributed by atoms with Crippen LogP contribution in [0, 0.1) is 43.9 Å². The van der Waals surface area contributed by atoms with Crippen molar-refractivity contribution < 1.29 is 0 Å². The first kappa shape index (κ1) is 14.1. The van der Waals surface area contributed by atoms with Crippen molar-refractivity contribution >= 4 is 0 Å². The van der Waals surface area contributed by atoms with E-state index in [1.807, 2.05) is 0 Å². The average Bonchev–Trinajstić information content (AvgIpc) is 2.67. The maximum Gasteiger partial charge on any atom is 0.0688 e. The summed E-state index contributed by atoms with van der Waals surface area (Å²) < 4.78 is 2.14. The molecule has 1 heterocycles. The summed E-state index contributed by atoms with van der Waals surface area (Å²) in [7, 11) is 0. The zero-order valence-electron chi connectivity index (χ0n) is 12.6. The van der Waals surface area contributed by atoms with Crippen LogP contribution < -0.4 is 0 Å². The third kappa shape index (κ3) is 2.68. The minimum absolute atomic E-state index is 0.130. The molecule has 104 valence electrons. The van der Waals surface area contributed by atoms with Gasteiger partial charge < -0.3 is 0 Å². The van der Waals surface area contributed by atoms with Crippen LogP contribution in [0.3, 0.4) is 0 Å². The molecule has 0 saturated heterocycles. The van der Waals surface area contributed by atoms with Crippen LogP contribution in [0.25, 0.3) is 0 Å². The van der Waals surface area contributed by atoms with E-state index >= 15 is 0 Å². The van der Waals surface area contributed by atoms with Crippen LogP contribution >= 0.6 is 0 Å². The summed E-state index contributed by atoms with van der Waals surface area (Å²) >= 11 is 0. The lowest BCUT2D eigenvalue weighted by molar-refractivity contribution is 0.196. The Bertz CT molecular complexity index is 481. The van der Waals surface area contributed by atoms with Crippen molar-refractivity contribution in [3.63, 3.8) is 0 Å². The molecule has 0 aliphatic heterocycles. The van der Waals surface area contributed by atoms with Crippen LogP contribution in [-0.2, 0) is 0 Å². The lowest BCUT2D eigenvalue weighted by atomic mass is 9.77. The summed E-state index contributed by atoms with van der Waals surface area (Å²) in [5.74, 6) is 0.898. The van der Waals surface area contributed by atoms with E-state index in [-0.39, 0.29) is 12.0 Å². The largest absolute Gasteiger partial charge is 0.265 e. The smallest absolute Gasteiger partial charge is 0.0688 e. The van der Waals surface area contributed by atoms with E-state index in [0.717, 1.165) is 24.5 Å². The summed E-state index contributed by atoms with van der Waals surface area (Å²) in [6.45, 7) is 8.57. The molecule has 0 radical (unpaired) electrons. The van der Waals surface area contributed by atoms with Crippen LogP contribution in [0.1, 0.15) is 62.0 Å². The molecular formula is C16H25N3. The van der Waals surface area contributed by atoms with Crippen molar-refractivity contribution in [1.29, 1.82) is 5.26 Å². The summed E-state index contributed by atoms with van der Waals surface area (Å²) in [4.78, 5) is 0. The van der Waals surface area contributed by atoms with E-state index in [9.17, 15) is 5.26 Å². The Morgan fingerprint density at radius 3 is 2.58 bits per heavy atom. The van der Waals surface area contributed by atoms with E-state index in [1.54, 1.807) is 0 Å². The fourth-order valence-corrected chi connectivity index (χ4v) is 3.39. The molecule has 3 heteroatoms. The van der Waals surface area contributed by atoms with Gasteiger partial charge in [-0.05, 0) is 51.5 Å². The molecule has 2 rings (SSSR count). The zero-order chi connectivity index (χ0) is 14.0. The first-order valence-electron chi connectivity index (χ1n) is 7.50. The lowest BCUT2D eigenvalue weighted by Gasteiger charge is -2.33. The first-order valence-corrected chi connectivity index (χ1v) is 7.50. The van der Waals surface area contributed by atoms with Gasteiger partial charge >= 0.3 is 0 Å². The molecule has 0 aromatic carbocycles. The van der Waals surface area contributed by atoms with Gasteiger partial charge in [0.05, 0.1) is 23.7 Å². The summed E-state index contributed by atoms with van der Waals surface area (Å²) in [6.07, 6.45) is 5.88. The number of nitrogens with zero attached hydrogens (tertiary/aromatic N) is 3. The van der Waals surface area contributed by atoms with Crippen molar-refractivity contribution in [1.82, 2.24) is 9.78 Å². The predicted molar refractivity (Wildman–Crippen MR) is 76.8 cm³/mol. The number of nitriles is 1. The molecule has 1 fully saturated rings. The van der Waals surface area contributed by atoms with Gasteiger partial charge in [0.2, 0.25) is 0 Å². The second kappa shape index (κ2) is 5.77. The van der Waals surface area contributed by atoms with E-state index in [2.05, 4.69) is 38.4 Å².